The molecule has 156 valence electrons. The van der Waals surface area contributed by atoms with Gasteiger partial charge in [-0.25, -0.2) is 4.98 Å². The first-order valence-corrected chi connectivity index (χ1v) is 10.1. The number of pyridine rings is 1. The zero-order valence-corrected chi connectivity index (χ0v) is 16.9. The molecule has 0 atom stereocenters. The second-order valence-electron chi connectivity index (χ2n) is 7.51. The van der Waals surface area contributed by atoms with Crippen molar-refractivity contribution in [3.05, 3.63) is 65.5 Å². The number of likely N-dealkylation sites (tertiary alicyclic amines) is 1. The van der Waals surface area contributed by atoms with Crippen molar-refractivity contribution in [2.24, 2.45) is 0 Å². The smallest absolute Gasteiger partial charge is 0.259 e. The maximum Gasteiger partial charge on any atom is 0.259 e. The number of benzene rings is 1. The molecule has 0 radical (unpaired) electrons. The number of hydrogen-bond donors (Lipinski definition) is 1. The van der Waals surface area contributed by atoms with Crippen LogP contribution in [0.3, 0.4) is 0 Å². The fraction of sp³-hybridized carbons (Fsp3) is 0.217. The van der Waals surface area contributed by atoms with Gasteiger partial charge in [-0.1, -0.05) is 5.16 Å². The molecule has 1 aromatic carbocycles. The number of aryl methyl sites for hydroxylation is 1. The van der Waals surface area contributed by atoms with Crippen molar-refractivity contribution in [1.82, 2.24) is 15.0 Å². The van der Waals surface area contributed by atoms with Crippen LogP contribution in [0.1, 0.15) is 39.3 Å². The van der Waals surface area contributed by atoms with Crippen LogP contribution < -0.4 is 5.32 Å². The summed E-state index contributed by atoms with van der Waals surface area (Å²) in [6.07, 6.45) is 3.63. The van der Waals surface area contributed by atoms with Crippen LogP contribution in [0, 0.1) is 6.92 Å². The van der Waals surface area contributed by atoms with Crippen LogP contribution in [0.5, 0.6) is 0 Å². The number of carbonyl (C=O) groups is 2. The van der Waals surface area contributed by atoms with Gasteiger partial charge in [0.05, 0.1) is 22.9 Å². The first-order chi connectivity index (χ1) is 15.1. The second-order valence-corrected chi connectivity index (χ2v) is 7.51. The fourth-order valence-electron chi connectivity index (χ4n) is 3.82. The molecule has 0 aliphatic carbocycles. The summed E-state index contributed by atoms with van der Waals surface area (Å²) in [7, 11) is 0. The monoisotopic (exact) mass is 416 g/mol. The molecule has 0 bridgehead atoms. The van der Waals surface area contributed by atoms with E-state index in [9.17, 15) is 9.59 Å². The van der Waals surface area contributed by atoms with Gasteiger partial charge in [-0.2, -0.15) is 0 Å². The largest absolute Gasteiger partial charge is 0.463 e. The minimum atomic E-state index is -0.329. The van der Waals surface area contributed by atoms with Crippen LogP contribution in [0.4, 0.5) is 5.69 Å². The Morgan fingerprint density at radius 3 is 2.58 bits per heavy atom. The van der Waals surface area contributed by atoms with E-state index in [0.717, 1.165) is 25.9 Å². The summed E-state index contributed by atoms with van der Waals surface area (Å²) in [5, 5.41) is 7.38. The quantitative estimate of drug-likeness (QED) is 0.533. The number of fused-ring (bicyclic) bond motifs is 1. The summed E-state index contributed by atoms with van der Waals surface area (Å²) in [4.78, 5) is 31.9. The number of hydrogen-bond acceptors (Lipinski definition) is 6. The molecule has 1 aliphatic heterocycles. The molecule has 3 aromatic heterocycles. The van der Waals surface area contributed by atoms with Crippen molar-refractivity contribution in [2.45, 2.75) is 19.8 Å². The van der Waals surface area contributed by atoms with Crippen LogP contribution in [0.2, 0.25) is 0 Å². The molecular weight excluding hydrogens is 396 g/mol. The summed E-state index contributed by atoms with van der Waals surface area (Å²) < 4.78 is 10.7. The first-order valence-electron chi connectivity index (χ1n) is 10.1. The number of carbonyl (C=O) groups excluding carboxylic acids is 2. The Bertz CT molecular complexity index is 1250. The molecule has 8 nitrogen and oxygen atoms in total. The van der Waals surface area contributed by atoms with Gasteiger partial charge in [0.15, 0.2) is 5.76 Å². The molecule has 2 amide bonds. The van der Waals surface area contributed by atoms with Crippen molar-refractivity contribution in [3.8, 4) is 11.5 Å². The molecule has 1 aliphatic rings. The Kier molecular flexibility index (Phi) is 4.74. The van der Waals surface area contributed by atoms with Crippen molar-refractivity contribution in [1.29, 1.82) is 0 Å². The molecule has 0 unspecified atom stereocenters. The lowest BCUT2D eigenvalue weighted by molar-refractivity contribution is 0.0792. The number of anilines is 1. The highest BCUT2D eigenvalue weighted by atomic mass is 16.5. The highest BCUT2D eigenvalue weighted by Gasteiger charge is 2.21. The second kappa shape index (κ2) is 7.71. The minimum absolute atomic E-state index is 0.0226. The third-order valence-electron chi connectivity index (χ3n) is 5.42. The Labute approximate surface area is 177 Å². The highest BCUT2D eigenvalue weighted by Crippen LogP contribution is 2.28. The van der Waals surface area contributed by atoms with Crippen molar-refractivity contribution in [2.75, 3.05) is 18.4 Å². The Balaban J connectivity index is 1.42. The highest BCUT2D eigenvalue weighted by molar-refractivity contribution is 6.13. The SMILES string of the molecule is Cc1noc2nc(-c3ccco3)cc(C(=O)Nc3ccc(C(=O)N4CCCC4)cc3)c12. The topological polar surface area (TPSA) is 101 Å². The van der Waals surface area contributed by atoms with E-state index < -0.39 is 0 Å². The third kappa shape index (κ3) is 3.56. The molecule has 8 heteroatoms. The summed E-state index contributed by atoms with van der Waals surface area (Å²) in [6.45, 7) is 3.35. The predicted octanol–water partition coefficient (Wildman–Crippen LogP) is 4.28. The average Bonchev–Trinajstić information content (AvgIpc) is 3.56. The molecular formula is C23H20N4O4. The summed E-state index contributed by atoms with van der Waals surface area (Å²) in [5.74, 6) is 0.217. The van der Waals surface area contributed by atoms with Crippen LogP contribution in [-0.2, 0) is 0 Å². The van der Waals surface area contributed by atoms with Gasteiger partial charge in [0.2, 0.25) is 0 Å². The van der Waals surface area contributed by atoms with Gasteiger partial charge in [0.25, 0.3) is 17.5 Å². The van der Waals surface area contributed by atoms with Gasteiger partial charge in [0, 0.05) is 24.3 Å². The van der Waals surface area contributed by atoms with Crippen LogP contribution in [0.25, 0.3) is 22.6 Å². The van der Waals surface area contributed by atoms with E-state index in [4.69, 9.17) is 8.94 Å². The Morgan fingerprint density at radius 2 is 1.87 bits per heavy atom. The van der Waals surface area contributed by atoms with Gasteiger partial charge in [-0.05, 0) is 62.2 Å². The maximum absolute atomic E-state index is 13.1. The molecule has 0 spiro atoms. The molecule has 5 rings (SSSR count). The van der Waals surface area contributed by atoms with Gasteiger partial charge in [0.1, 0.15) is 5.69 Å². The first kappa shape index (κ1) is 19.0. The standard InChI is InChI=1S/C23H20N4O4/c1-14-20-17(13-18(19-5-4-12-30-19)25-22(20)31-26-14)21(28)24-16-8-6-15(7-9-16)23(29)27-10-2-3-11-27/h4-9,12-13H,2-3,10-11H2,1H3,(H,24,28). The number of furan rings is 1. The van der Waals surface area contributed by atoms with E-state index >= 15 is 0 Å². The summed E-state index contributed by atoms with van der Waals surface area (Å²) in [6, 6.07) is 12.1. The van der Waals surface area contributed by atoms with Crippen molar-refractivity contribution in [3.63, 3.8) is 0 Å². The van der Waals surface area contributed by atoms with Crippen LogP contribution in [0.15, 0.2) is 57.7 Å². The van der Waals surface area contributed by atoms with Gasteiger partial charge < -0.3 is 19.2 Å². The molecule has 4 aromatic rings. The Morgan fingerprint density at radius 1 is 1.10 bits per heavy atom. The van der Waals surface area contributed by atoms with E-state index in [-0.39, 0.29) is 17.5 Å². The van der Waals surface area contributed by atoms with Crippen molar-refractivity contribution < 1.29 is 18.5 Å². The normalized spacial score (nSPS) is 13.6. The number of nitrogens with one attached hydrogen (secondary N) is 1. The van der Waals surface area contributed by atoms with Gasteiger partial charge in [-0.3, -0.25) is 9.59 Å². The van der Waals surface area contributed by atoms with E-state index in [0.29, 0.717) is 39.3 Å². The lowest BCUT2D eigenvalue weighted by atomic mass is 10.1. The van der Waals surface area contributed by atoms with E-state index in [2.05, 4.69) is 15.5 Å². The summed E-state index contributed by atoms with van der Waals surface area (Å²) >= 11 is 0. The average molecular weight is 416 g/mol. The lowest BCUT2D eigenvalue weighted by Gasteiger charge is -2.15. The maximum atomic E-state index is 13.1. The molecule has 1 saturated heterocycles. The van der Waals surface area contributed by atoms with Crippen molar-refractivity contribution >= 4 is 28.6 Å². The third-order valence-corrected chi connectivity index (χ3v) is 5.42. The summed E-state index contributed by atoms with van der Waals surface area (Å²) in [5.41, 5.74) is 2.90. The Hall–Kier alpha value is -3.94. The van der Waals surface area contributed by atoms with E-state index in [1.165, 1.54) is 6.26 Å². The number of nitrogens with zero attached hydrogens (tertiary/aromatic N) is 3. The zero-order chi connectivity index (χ0) is 21.4. The lowest BCUT2D eigenvalue weighted by Crippen LogP contribution is -2.27. The molecule has 4 heterocycles. The zero-order valence-electron chi connectivity index (χ0n) is 16.9. The number of aromatic nitrogens is 2. The van der Waals surface area contributed by atoms with E-state index in [1.807, 2.05) is 4.90 Å². The van der Waals surface area contributed by atoms with Crippen LogP contribution >= 0.6 is 0 Å². The number of amides is 2. The number of rotatable bonds is 4. The molecule has 1 fully saturated rings. The van der Waals surface area contributed by atoms with Gasteiger partial charge in [-0.15, -0.1) is 0 Å². The predicted molar refractivity (Wildman–Crippen MR) is 114 cm³/mol. The molecule has 1 N–H and O–H groups in total. The molecule has 0 saturated carbocycles. The molecule has 31 heavy (non-hydrogen) atoms. The van der Waals surface area contributed by atoms with E-state index in [1.54, 1.807) is 49.4 Å². The van der Waals surface area contributed by atoms with Crippen LogP contribution in [-0.4, -0.2) is 39.9 Å². The van der Waals surface area contributed by atoms with Gasteiger partial charge >= 0.3 is 0 Å². The minimum Gasteiger partial charge on any atom is -0.463 e. The fourth-order valence-corrected chi connectivity index (χ4v) is 3.82.